The van der Waals surface area contributed by atoms with Crippen LogP contribution in [0, 0.1) is 0 Å². The standard InChI is InChI=1S/C25H25N3O2/c1-30-23-13-12-22(19-21(23)11-10-20-7-3-2-4-8-20)25(29)28-17-15-27(16-18-28)24-9-5-6-14-26-24/h2-14,19H,15-18H2,1H3. The Morgan fingerprint density at radius 3 is 2.40 bits per heavy atom. The minimum absolute atomic E-state index is 0.0488. The third kappa shape index (κ3) is 4.51. The monoisotopic (exact) mass is 399 g/mol. The maximum atomic E-state index is 13.1. The third-order valence-electron chi connectivity index (χ3n) is 5.27. The first-order valence-corrected chi connectivity index (χ1v) is 10.1. The van der Waals surface area contributed by atoms with Gasteiger partial charge in [-0.1, -0.05) is 48.6 Å². The van der Waals surface area contributed by atoms with Gasteiger partial charge in [0.25, 0.3) is 5.91 Å². The van der Waals surface area contributed by atoms with E-state index in [1.54, 1.807) is 13.3 Å². The van der Waals surface area contributed by atoms with Crippen LogP contribution < -0.4 is 9.64 Å². The molecule has 1 fully saturated rings. The fourth-order valence-electron chi connectivity index (χ4n) is 3.61. The van der Waals surface area contributed by atoms with E-state index in [4.69, 9.17) is 4.74 Å². The maximum absolute atomic E-state index is 13.1. The summed E-state index contributed by atoms with van der Waals surface area (Å²) in [6.45, 7) is 2.91. The minimum atomic E-state index is 0.0488. The van der Waals surface area contributed by atoms with E-state index in [-0.39, 0.29) is 5.91 Å². The zero-order valence-electron chi connectivity index (χ0n) is 17.1. The number of hydrogen-bond acceptors (Lipinski definition) is 4. The average molecular weight is 399 g/mol. The summed E-state index contributed by atoms with van der Waals surface area (Å²) in [5.74, 6) is 1.76. The molecule has 5 nitrogen and oxygen atoms in total. The molecule has 0 saturated carbocycles. The van der Waals surface area contributed by atoms with Crippen LogP contribution in [0.3, 0.4) is 0 Å². The van der Waals surface area contributed by atoms with E-state index >= 15 is 0 Å². The van der Waals surface area contributed by atoms with Gasteiger partial charge in [0.2, 0.25) is 0 Å². The third-order valence-corrected chi connectivity index (χ3v) is 5.27. The van der Waals surface area contributed by atoms with Crippen molar-refractivity contribution in [3.8, 4) is 5.75 Å². The molecule has 0 bridgehead atoms. The van der Waals surface area contributed by atoms with Crippen LogP contribution in [0.5, 0.6) is 5.75 Å². The topological polar surface area (TPSA) is 45.7 Å². The molecule has 0 radical (unpaired) electrons. The molecule has 0 atom stereocenters. The number of benzene rings is 2. The Morgan fingerprint density at radius 2 is 1.70 bits per heavy atom. The molecule has 3 aromatic rings. The molecule has 152 valence electrons. The van der Waals surface area contributed by atoms with Gasteiger partial charge in [-0.25, -0.2) is 4.98 Å². The fraction of sp³-hybridized carbons (Fsp3) is 0.200. The lowest BCUT2D eigenvalue weighted by Crippen LogP contribution is -2.49. The van der Waals surface area contributed by atoms with Crippen LogP contribution in [0.1, 0.15) is 21.5 Å². The molecule has 4 rings (SSSR count). The zero-order valence-corrected chi connectivity index (χ0v) is 17.1. The smallest absolute Gasteiger partial charge is 0.254 e. The molecule has 1 aliphatic heterocycles. The number of aromatic nitrogens is 1. The van der Waals surface area contributed by atoms with Crippen molar-refractivity contribution in [2.45, 2.75) is 0 Å². The largest absolute Gasteiger partial charge is 0.496 e. The number of hydrogen-bond donors (Lipinski definition) is 0. The number of carbonyl (C=O) groups is 1. The lowest BCUT2D eigenvalue weighted by molar-refractivity contribution is 0.0746. The van der Waals surface area contributed by atoms with Crippen LogP contribution in [0.25, 0.3) is 12.2 Å². The van der Waals surface area contributed by atoms with E-state index in [0.29, 0.717) is 18.7 Å². The van der Waals surface area contributed by atoms with Crippen LogP contribution in [0.2, 0.25) is 0 Å². The van der Waals surface area contributed by atoms with Crippen molar-refractivity contribution < 1.29 is 9.53 Å². The lowest BCUT2D eigenvalue weighted by Gasteiger charge is -2.35. The summed E-state index contributed by atoms with van der Waals surface area (Å²) >= 11 is 0. The number of piperazine rings is 1. The molecule has 1 amide bonds. The number of amides is 1. The second-order valence-electron chi connectivity index (χ2n) is 7.17. The Hall–Kier alpha value is -3.60. The number of rotatable bonds is 5. The minimum Gasteiger partial charge on any atom is -0.496 e. The van der Waals surface area contributed by atoms with Crippen molar-refractivity contribution >= 4 is 23.9 Å². The van der Waals surface area contributed by atoms with E-state index in [2.05, 4.69) is 9.88 Å². The van der Waals surface area contributed by atoms with Gasteiger partial charge < -0.3 is 14.5 Å². The molecule has 1 saturated heterocycles. The summed E-state index contributed by atoms with van der Waals surface area (Å²) in [6, 6.07) is 21.6. The van der Waals surface area contributed by atoms with Crippen molar-refractivity contribution in [2.75, 3.05) is 38.2 Å². The summed E-state index contributed by atoms with van der Waals surface area (Å²) in [5.41, 5.74) is 2.66. The number of nitrogens with zero attached hydrogens (tertiary/aromatic N) is 3. The molecule has 2 heterocycles. The fourth-order valence-corrected chi connectivity index (χ4v) is 3.61. The quantitative estimate of drug-likeness (QED) is 0.603. The Balaban J connectivity index is 1.47. The van der Waals surface area contributed by atoms with E-state index in [9.17, 15) is 4.79 Å². The molecule has 5 heteroatoms. The molecular formula is C25H25N3O2. The Morgan fingerprint density at radius 1 is 0.933 bits per heavy atom. The van der Waals surface area contributed by atoms with Gasteiger partial charge in [-0.05, 0) is 35.9 Å². The highest BCUT2D eigenvalue weighted by atomic mass is 16.5. The first kappa shape index (κ1) is 19.7. The molecular weight excluding hydrogens is 374 g/mol. The number of carbonyl (C=O) groups excluding carboxylic acids is 1. The predicted octanol–water partition coefficient (Wildman–Crippen LogP) is 4.22. The Labute approximate surface area is 177 Å². The molecule has 1 aliphatic rings. The average Bonchev–Trinajstić information content (AvgIpc) is 2.83. The van der Waals surface area contributed by atoms with E-state index in [0.717, 1.165) is 35.8 Å². The van der Waals surface area contributed by atoms with Crippen molar-refractivity contribution in [1.29, 1.82) is 0 Å². The summed E-state index contributed by atoms with van der Waals surface area (Å²) < 4.78 is 5.49. The number of pyridine rings is 1. The van der Waals surface area contributed by atoms with E-state index in [1.165, 1.54) is 0 Å². The number of methoxy groups -OCH3 is 1. The van der Waals surface area contributed by atoms with Gasteiger partial charge in [-0.3, -0.25) is 4.79 Å². The zero-order chi connectivity index (χ0) is 20.8. The highest BCUT2D eigenvalue weighted by Crippen LogP contribution is 2.24. The molecule has 1 aromatic heterocycles. The maximum Gasteiger partial charge on any atom is 0.254 e. The van der Waals surface area contributed by atoms with Crippen molar-refractivity contribution in [2.24, 2.45) is 0 Å². The molecule has 0 N–H and O–H groups in total. The summed E-state index contributed by atoms with van der Waals surface area (Å²) in [6.07, 6.45) is 5.82. The van der Waals surface area contributed by atoms with E-state index in [1.807, 2.05) is 83.8 Å². The normalized spacial score (nSPS) is 14.2. The van der Waals surface area contributed by atoms with Crippen molar-refractivity contribution in [3.63, 3.8) is 0 Å². The van der Waals surface area contributed by atoms with Crippen LogP contribution in [-0.2, 0) is 0 Å². The summed E-state index contributed by atoms with van der Waals surface area (Å²) in [5, 5.41) is 0. The van der Waals surface area contributed by atoms with Gasteiger partial charge in [-0.2, -0.15) is 0 Å². The van der Waals surface area contributed by atoms with Crippen LogP contribution in [-0.4, -0.2) is 49.1 Å². The molecule has 30 heavy (non-hydrogen) atoms. The van der Waals surface area contributed by atoms with Crippen LogP contribution >= 0.6 is 0 Å². The summed E-state index contributed by atoms with van der Waals surface area (Å²) in [4.78, 5) is 21.6. The van der Waals surface area contributed by atoms with Crippen molar-refractivity contribution in [1.82, 2.24) is 9.88 Å². The lowest BCUT2D eigenvalue weighted by atomic mass is 10.1. The van der Waals surface area contributed by atoms with Gasteiger partial charge in [0.15, 0.2) is 0 Å². The molecule has 0 aliphatic carbocycles. The first-order valence-electron chi connectivity index (χ1n) is 10.1. The SMILES string of the molecule is COc1ccc(C(=O)N2CCN(c3ccccn3)CC2)cc1C=Cc1ccccc1. The highest BCUT2D eigenvalue weighted by Gasteiger charge is 2.23. The van der Waals surface area contributed by atoms with Gasteiger partial charge in [-0.15, -0.1) is 0 Å². The summed E-state index contributed by atoms with van der Waals surface area (Å²) in [7, 11) is 1.65. The Kier molecular flexibility index (Phi) is 6.09. The van der Waals surface area contributed by atoms with Gasteiger partial charge in [0.05, 0.1) is 7.11 Å². The van der Waals surface area contributed by atoms with Gasteiger partial charge in [0, 0.05) is 43.5 Å². The second kappa shape index (κ2) is 9.27. The molecule has 0 spiro atoms. The molecule has 0 unspecified atom stereocenters. The Bertz CT molecular complexity index is 1010. The molecule has 2 aromatic carbocycles. The number of ether oxygens (including phenoxy) is 1. The van der Waals surface area contributed by atoms with E-state index < -0.39 is 0 Å². The van der Waals surface area contributed by atoms with Crippen LogP contribution in [0.4, 0.5) is 5.82 Å². The van der Waals surface area contributed by atoms with Crippen molar-refractivity contribution in [3.05, 3.63) is 89.6 Å². The van der Waals surface area contributed by atoms with Gasteiger partial charge >= 0.3 is 0 Å². The van der Waals surface area contributed by atoms with Crippen LogP contribution in [0.15, 0.2) is 72.9 Å². The second-order valence-corrected chi connectivity index (χ2v) is 7.17. The first-order chi connectivity index (χ1) is 14.7. The highest BCUT2D eigenvalue weighted by molar-refractivity contribution is 5.95. The van der Waals surface area contributed by atoms with Gasteiger partial charge in [0.1, 0.15) is 11.6 Å². The number of anilines is 1. The predicted molar refractivity (Wildman–Crippen MR) is 121 cm³/mol.